The van der Waals surface area contributed by atoms with Crippen molar-refractivity contribution in [3.8, 4) is 0 Å². The lowest BCUT2D eigenvalue weighted by molar-refractivity contribution is -0.131. The molecule has 0 saturated heterocycles. The predicted octanol–water partition coefficient (Wildman–Crippen LogP) is 4.06. The molecule has 1 aliphatic carbocycles. The monoisotopic (exact) mass is 390 g/mol. The molecule has 1 heterocycles. The second-order valence-corrected chi connectivity index (χ2v) is 7.53. The van der Waals surface area contributed by atoms with Gasteiger partial charge in [0, 0.05) is 30.3 Å². The zero-order chi connectivity index (χ0) is 20.8. The van der Waals surface area contributed by atoms with Crippen LogP contribution in [0.25, 0.3) is 0 Å². The smallest absolute Gasteiger partial charge is 0.355 e. The Bertz CT molecular complexity index is 731. The van der Waals surface area contributed by atoms with Gasteiger partial charge in [-0.3, -0.25) is 9.59 Å². The van der Waals surface area contributed by atoms with E-state index in [-0.39, 0.29) is 30.9 Å². The van der Waals surface area contributed by atoms with E-state index in [1.165, 1.54) is 0 Å². The lowest BCUT2D eigenvalue weighted by atomic mass is 10.0. The Kier molecular flexibility index (Phi) is 7.84. The molecule has 1 aromatic rings. The summed E-state index contributed by atoms with van der Waals surface area (Å²) < 4.78 is 7.02. The van der Waals surface area contributed by atoms with E-state index in [0.717, 1.165) is 37.8 Å². The van der Waals surface area contributed by atoms with Crippen molar-refractivity contribution in [3.63, 3.8) is 0 Å². The van der Waals surface area contributed by atoms with E-state index >= 15 is 0 Å². The first-order chi connectivity index (χ1) is 13.4. The molecule has 1 aromatic heterocycles. The Morgan fingerprint density at radius 2 is 1.79 bits per heavy atom. The average molecular weight is 391 g/mol. The second kappa shape index (κ2) is 9.89. The molecule has 1 fully saturated rings. The van der Waals surface area contributed by atoms with Gasteiger partial charge in [-0.1, -0.05) is 19.8 Å². The quantitative estimate of drug-likeness (QED) is 0.325. The van der Waals surface area contributed by atoms with Crippen molar-refractivity contribution in [1.82, 2.24) is 9.47 Å². The van der Waals surface area contributed by atoms with E-state index in [2.05, 4.69) is 6.92 Å². The van der Waals surface area contributed by atoms with Gasteiger partial charge < -0.3 is 14.2 Å². The van der Waals surface area contributed by atoms with E-state index in [0.29, 0.717) is 29.8 Å². The van der Waals surface area contributed by atoms with Crippen molar-refractivity contribution in [1.29, 1.82) is 0 Å². The van der Waals surface area contributed by atoms with Gasteiger partial charge in [-0.25, -0.2) is 4.79 Å². The van der Waals surface area contributed by atoms with Gasteiger partial charge in [-0.05, 0) is 52.5 Å². The Hall–Kier alpha value is -2.11. The van der Waals surface area contributed by atoms with Crippen LogP contribution in [-0.2, 0) is 16.1 Å². The summed E-state index contributed by atoms with van der Waals surface area (Å²) in [5, 5.41) is 0. The molecule has 6 heteroatoms. The SMILES string of the molecule is CCCCCC(=O)N(CC(=O)c1c(C)c(C(=O)OCC)n(CC)c1C)C1CC1. The highest BCUT2D eigenvalue weighted by Gasteiger charge is 2.35. The fourth-order valence-electron chi connectivity index (χ4n) is 3.87. The third-order valence-corrected chi connectivity index (χ3v) is 5.45. The number of Topliss-reactive ketones (excluding diaryl/α,β-unsaturated/α-hetero) is 1. The summed E-state index contributed by atoms with van der Waals surface area (Å²) >= 11 is 0. The molecule has 1 aliphatic rings. The number of hydrogen-bond acceptors (Lipinski definition) is 4. The number of esters is 1. The lowest BCUT2D eigenvalue weighted by Gasteiger charge is -2.22. The summed E-state index contributed by atoms with van der Waals surface area (Å²) in [6.45, 7) is 10.4. The highest BCUT2D eigenvalue weighted by molar-refractivity contribution is 6.04. The first-order valence-corrected chi connectivity index (χ1v) is 10.6. The normalized spacial score (nSPS) is 13.5. The molecular formula is C22H34N2O4. The third kappa shape index (κ3) is 4.83. The predicted molar refractivity (Wildman–Crippen MR) is 109 cm³/mol. The number of carbonyl (C=O) groups excluding carboxylic acids is 3. The first kappa shape index (κ1) is 22.2. The van der Waals surface area contributed by atoms with Gasteiger partial charge in [-0.15, -0.1) is 0 Å². The number of ether oxygens (including phenoxy) is 1. The molecule has 1 amide bonds. The number of ketones is 1. The van der Waals surface area contributed by atoms with E-state index in [1.807, 2.05) is 18.4 Å². The fraction of sp³-hybridized carbons (Fsp3) is 0.682. The van der Waals surface area contributed by atoms with Crippen LogP contribution in [0.2, 0.25) is 0 Å². The fourth-order valence-corrected chi connectivity index (χ4v) is 3.87. The molecule has 0 radical (unpaired) electrons. The van der Waals surface area contributed by atoms with Gasteiger partial charge in [0.15, 0.2) is 5.78 Å². The van der Waals surface area contributed by atoms with Crippen LogP contribution in [0.5, 0.6) is 0 Å². The minimum atomic E-state index is -0.404. The third-order valence-electron chi connectivity index (χ3n) is 5.45. The minimum Gasteiger partial charge on any atom is -0.461 e. The van der Waals surface area contributed by atoms with Gasteiger partial charge in [0.2, 0.25) is 5.91 Å². The Labute approximate surface area is 168 Å². The van der Waals surface area contributed by atoms with E-state index in [9.17, 15) is 14.4 Å². The number of aromatic nitrogens is 1. The molecule has 0 aliphatic heterocycles. The molecule has 0 bridgehead atoms. The van der Waals surface area contributed by atoms with Gasteiger partial charge in [0.1, 0.15) is 5.69 Å². The molecule has 0 atom stereocenters. The Morgan fingerprint density at radius 3 is 2.32 bits per heavy atom. The number of hydrogen-bond donors (Lipinski definition) is 0. The van der Waals surface area contributed by atoms with Crippen molar-refractivity contribution in [3.05, 3.63) is 22.5 Å². The maximum atomic E-state index is 13.2. The summed E-state index contributed by atoms with van der Waals surface area (Å²) in [6, 6.07) is 0.191. The van der Waals surface area contributed by atoms with E-state index < -0.39 is 5.97 Å². The molecule has 0 unspecified atom stereocenters. The number of rotatable bonds is 11. The van der Waals surface area contributed by atoms with E-state index in [1.54, 1.807) is 18.7 Å². The average Bonchev–Trinajstić information content (AvgIpc) is 3.45. The number of carbonyl (C=O) groups is 3. The highest BCUT2D eigenvalue weighted by atomic mass is 16.5. The van der Waals surface area contributed by atoms with Crippen molar-refractivity contribution in [2.24, 2.45) is 0 Å². The molecule has 28 heavy (non-hydrogen) atoms. The van der Waals surface area contributed by atoms with Crippen LogP contribution in [0.1, 0.15) is 91.4 Å². The van der Waals surface area contributed by atoms with Crippen LogP contribution in [0.15, 0.2) is 0 Å². The standard InChI is InChI=1S/C22H34N2O4/c1-6-9-10-11-19(26)24(17-12-13-17)14-18(25)20-15(4)21(22(27)28-8-3)23(7-2)16(20)5/h17H,6-14H2,1-5H3. The maximum absolute atomic E-state index is 13.2. The van der Waals surface area contributed by atoms with E-state index in [4.69, 9.17) is 4.74 Å². The van der Waals surface area contributed by atoms with Crippen molar-refractivity contribution >= 4 is 17.7 Å². The van der Waals surface area contributed by atoms with Crippen LogP contribution >= 0.6 is 0 Å². The summed E-state index contributed by atoms with van der Waals surface area (Å²) in [5.41, 5.74) is 2.41. The van der Waals surface area contributed by atoms with Crippen LogP contribution < -0.4 is 0 Å². The Morgan fingerprint density at radius 1 is 1.11 bits per heavy atom. The first-order valence-electron chi connectivity index (χ1n) is 10.6. The molecule has 0 N–H and O–H groups in total. The van der Waals surface area contributed by atoms with Crippen molar-refractivity contribution in [2.45, 2.75) is 85.7 Å². The highest BCUT2D eigenvalue weighted by Crippen LogP contribution is 2.29. The van der Waals surface area contributed by atoms with Crippen molar-refractivity contribution in [2.75, 3.05) is 13.2 Å². The van der Waals surface area contributed by atoms with Gasteiger partial charge in [0.25, 0.3) is 0 Å². The summed E-state index contributed by atoms with van der Waals surface area (Å²) in [4.78, 5) is 40.0. The largest absolute Gasteiger partial charge is 0.461 e. The summed E-state index contributed by atoms with van der Waals surface area (Å²) in [5.74, 6) is -0.428. The molecule has 1 saturated carbocycles. The molecular weight excluding hydrogens is 356 g/mol. The number of nitrogens with zero attached hydrogens (tertiary/aromatic N) is 2. The van der Waals surface area contributed by atoms with Crippen LogP contribution in [0.3, 0.4) is 0 Å². The molecule has 6 nitrogen and oxygen atoms in total. The zero-order valence-corrected chi connectivity index (χ0v) is 18.0. The summed E-state index contributed by atoms with van der Waals surface area (Å²) in [7, 11) is 0. The number of amides is 1. The van der Waals surface area contributed by atoms with Crippen LogP contribution in [0, 0.1) is 13.8 Å². The second-order valence-electron chi connectivity index (χ2n) is 7.53. The molecule has 156 valence electrons. The van der Waals surface area contributed by atoms with Crippen molar-refractivity contribution < 1.29 is 19.1 Å². The summed E-state index contributed by atoms with van der Waals surface area (Å²) in [6.07, 6.45) is 5.39. The Balaban J connectivity index is 2.25. The van der Waals surface area contributed by atoms with Crippen LogP contribution in [0.4, 0.5) is 0 Å². The maximum Gasteiger partial charge on any atom is 0.355 e. The molecule has 0 spiro atoms. The molecule has 2 rings (SSSR count). The zero-order valence-electron chi connectivity index (χ0n) is 18.0. The van der Waals surface area contributed by atoms with Gasteiger partial charge in [-0.2, -0.15) is 0 Å². The van der Waals surface area contributed by atoms with Gasteiger partial charge in [0.05, 0.1) is 13.2 Å². The van der Waals surface area contributed by atoms with Gasteiger partial charge >= 0.3 is 5.97 Å². The number of unbranched alkanes of at least 4 members (excludes halogenated alkanes) is 2. The molecule has 0 aromatic carbocycles. The topological polar surface area (TPSA) is 68.6 Å². The lowest BCUT2D eigenvalue weighted by Crippen LogP contribution is -2.37. The van der Waals surface area contributed by atoms with Crippen LogP contribution in [-0.4, -0.2) is 46.3 Å². The minimum absolute atomic E-state index is 0.0696.